The Bertz CT molecular complexity index is 1380. The lowest BCUT2D eigenvalue weighted by Gasteiger charge is -2.27. The number of ether oxygens (including phenoxy) is 1. The van der Waals surface area contributed by atoms with E-state index in [1.807, 2.05) is 26.0 Å². The lowest BCUT2D eigenvalue weighted by Crippen LogP contribution is -2.34. The molecule has 0 atom stereocenters. The Labute approximate surface area is 226 Å². The van der Waals surface area contributed by atoms with E-state index in [1.54, 1.807) is 23.2 Å². The Morgan fingerprint density at radius 1 is 0.868 bits per heavy atom. The summed E-state index contributed by atoms with van der Waals surface area (Å²) in [4.78, 5) is 32.0. The number of aryl methyl sites for hydroxylation is 1. The molecular formula is C33H38N2O3. The molecule has 0 saturated heterocycles. The summed E-state index contributed by atoms with van der Waals surface area (Å²) < 4.78 is 4.86. The zero-order valence-electron chi connectivity index (χ0n) is 23.5. The summed E-state index contributed by atoms with van der Waals surface area (Å²) in [6, 6.07) is 23.9. The topological polar surface area (TPSA) is 59.5 Å². The number of nitrogens with zero attached hydrogens (tertiary/aromatic N) is 2. The second-order valence-corrected chi connectivity index (χ2v) is 10.3. The molecular weight excluding hydrogens is 472 g/mol. The van der Waals surface area contributed by atoms with E-state index in [-0.39, 0.29) is 11.3 Å². The van der Waals surface area contributed by atoms with Crippen LogP contribution in [-0.4, -0.2) is 24.0 Å². The maximum Gasteiger partial charge on any atom is 0.337 e. The molecule has 1 aromatic heterocycles. The summed E-state index contributed by atoms with van der Waals surface area (Å²) in [6.07, 6.45) is 2.06. The highest BCUT2D eigenvalue weighted by Crippen LogP contribution is 2.30. The highest BCUT2D eigenvalue weighted by Gasteiger charge is 2.25. The van der Waals surface area contributed by atoms with Gasteiger partial charge in [-0.05, 0) is 58.7 Å². The summed E-state index contributed by atoms with van der Waals surface area (Å²) in [5, 5.41) is 1.63. The molecule has 0 aliphatic carbocycles. The fourth-order valence-electron chi connectivity index (χ4n) is 4.18. The number of hydrogen-bond donors (Lipinski definition) is 0. The normalized spacial score (nSPS) is 10.9. The van der Waals surface area contributed by atoms with E-state index in [2.05, 4.69) is 81.2 Å². The standard InChI is InChI=1S/C31H32N2O3.C2H6/c1-21-6-10-23(11-7-21)24-12-8-22(9-13-24)20-33(28(34)19-31(2,3)4)29-27-15-14-26(30(35)36-5)18-25(27)16-17-32-29;1-2/h6-18H,19-20H2,1-5H3;1-2H3. The summed E-state index contributed by atoms with van der Waals surface area (Å²) >= 11 is 0. The van der Waals surface area contributed by atoms with Crippen LogP contribution < -0.4 is 4.90 Å². The number of fused-ring (bicyclic) bond motifs is 1. The predicted molar refractivity (Wildman–Crippen MR) is 156 cm³/mol. The molecule has 0 spiro atoms. The number of pyridine rings is 1. The maximum atomic E-state index is 13.6. The van der Waals surface area contributed by atoms with Crippen molar-refractivity contribution in [3.05, 3.63) is 95.7 Å². The molecule has 3 aromatic carbocycles. The molecule has 5 heteroatoms. The number of amides is 1. The number of anilines is 1. The SMILES string of the molecule is CC.COC(=O)c1ccc2c(N(Cc3ccc(-c4ccc(C)cc4)cc3)C(=O)CC(C)(C)C)nccc2c1. The number of benzene rings is 3. The van der Waals surface area contributed by atoms with Crippen molar-refractivity contribution in [3.63, 3.8) is 0 Å². The summed E-state index contributed by atoms with van der Waals surface area (Å²) in [6.45, 7) is 12.6. The third kappa shape index (κ3) is 7.06. The first kappa shape index (κ1) is 28.6. The molecule has 0 fully saturated rings. The van der Waals surface area contributed by atoms with Gasteiger partial charge in [0.15, 0.2) is 0 Å². The first-order valence-electron chi connectivity index (χ1n) is 13.1. The largest absolute Gasteiger partial charge is 0.465 e. The smallest absolute Gasteiger partial charge is 0.337 e. The van der Waals surface area contributed by atoms with Gasteiger partial charge < -0.3 is 4.74 Å². The predicted octanol–water partition coefficient (Wildman–Crippen LogP) is 7.99. The molecule has 4 aromatic rings. The molecule has 38 heavy (non-hydrogen) atoms. The molecule has 1 heterocycles. The Morgan fingerprint density at radius 2 is 1.47 bits per heavy atom. The van der Waals surface area contributed by atoms with Crippen LogP contribution in [0.25, 0.3) is 21.9 Å². The van der Waals surface area contributed by atoms with Crippen LogP contribution in [0.5, 0.6) is 0 Å². The first-order valence-corrected chi connectivity index (χ1v) is 13.1. The van der Waals surface area contributed by atoms with E-state index in [9.17, 15) is 9.59 Å². The summed E-state index contributed by atoms with van der Waals surface area (Å²) in [5.41, 5.74) is 4.81. The van der Waals surface area contributed by atoms with E-state index in [0.717, 1.165) is 27.5 Å². The molecule has 4 rings (SSSR count). The van der Waals surface area contributed by atoms with Crippen molar-refractivity contribution in [1.82, 2.24) is 4.98 Å². The second-order valence-electron chi connectivity index (χ2n) is 10.3. The van der Waals surface area contributed by atoms with Crippen molar-refractivity contribution in [2.45, 2.75) is 54.5 Å². The molecule has 198 valence electrons. The van der Waals surface area contributed by atoms with Gasteiger partial charge >= 0.3 is 5.97 Å². The maximum absolute atomic E-state index is 13.6. The lowest BCUT2D eigenvalue weighted by molar-refractivity contribution is -0.120. The number of hydrogen-bond acceptors (Lipinski definition) is 4. The van der Waals surface area contributed by atoms with Gasteiger partial charge in [-0.2, -0.15) is 0 Å². The van der Waals surface area contributed by atoms with Crippen molar-refractivity contribution < 1.29 is 14.3 Å². The molecule has 0 aliphatic heterocycles. The quantitative estimate of drug-likeness (QED) is 0.247. The van der Waals surface area contributed by atoms with Gasteiger partial charge in [-0.1, -0.05) is 88.7 Å². The zero-order valence-corrected chi connectivity index (χ0v) is 23.5. The summed E-state index contributed by atoms with van der Waals surface area (Å²) in [5.74, 6) is 0.188. The van der Waals surface area contributed by atoms with Gasteiger partial charge in [0, 0.05) is 18.0 Å². The number of carbonyl (C=O) groups is 2. The van der Waals surface area contributed by atoms with Crippen LogP contribution in [0.3, 0.4) is 0 Å². The Morgan fingerprint density at radius 3 is 2.05 bits per heavy atom. The van der Waals surface area contributed by atoms with Crippen molar-refractivity contribution in [2.75, 3.05) is 12.0 Å². The van der Waals surface area contributed by atoms with Gasteiger partial charge in [-0.15, -0.1) is 0 Å². The van der Waals surface area contributed by atoms with Crippen LogP contribution in [-0.2, 0) is 16.1 Å². The van der Waals surface area contributed by atoms with Crippen molar-refractivity contribution in [2.24, 2.45) is 5.41 Å². The number of esters is 1. The minimum atomic E-state index is -0.399. The second kappa shape index (κ2) is 12.5. The van der Waals surface area contributed by atoms with Crippen molar-refractivity contribution in [1.29, 1.82) is 0 Å². The van der Waals surface area contributed by atoms with Crippen molar-refractivity contribution in [3.8, 4) is 11.1 Å². The van der Waals surface area contributed by atoms with Crippen LogP contribution in [0.15, 0.2) is 79.0 Å². The number of aromatic nitrogens is 1. The van der Waals surface area contributed by atoms with E-state index in [1.165, 1.54) is 12.7 Å². The van der Waals surface area contributed by atoms with Crippen LogP contribution in [0, 0.1) is 12.3 Å². The highest BCUT2D eigenvalue weighted by atomic mass is 16.5. The molecule has 0 saturated carbocycles. The highest BCUT2D eigenvalue weighted by molar-refractivity contribution is 6.04. The van der Waals surface area contributed by atoms with E-state index in [4.69, 9.17) is 4.74 Å². The van der Waals surface area contributed by atoms with Crippen molar-refractivity contribution >= 4 is 28.5 Å². The van der Waals surface area contributed by atoms with Crippen LogP contribution in [0.4, 0.5) is 5.82 Å². The van der Waals surface area contributed by atoms with Crippen LogP contribution in [0.1, 0.15) is 62.5 Å². The Kier molecular flexibility index (Phi) is 9.40. The Hall–Kier alpha value is -3.99. The van der Waals surface area contributed by atoms with Gasteiger partial charge in [-0.25, -0.2) is 9.78 Å². The molecule has 1 amide bonds. The number of carbonyl (C=O) groups excluding carboxylic acids is 2. The molecule has 0 aliphatic rings. The number of rotatable bonds is 6. The van der Waals surface area contributed by atoms with Gasteiger partial charge in [0.2, 0.25) is 5.91 Å². The van der Waals surface area contributed by atoms with Crippen LogP contribution >= 0.6 is 0 Å². The van der Waals surface area contributed by atoms with Gasteiger partial charge in [-0.3, -0.25) is 9.69 Å². The third-order valence-corrected chi connectivity index (χ3v) is 6.08. The zero-order chi connectivity index (χ0) is 27.9. The minimum absolute atomic E-state index is 0.00200. The van der Waals surface area contributed by atoms with E-state index >= 15 is 0 Å². The van der Waals surface area contributed by atoms with Gasteiger partial charge in [0.25, 0.3) is 0 Å². The third-order valence-electron chi connectivity index (χ3n) is 6.08. The minimum Gasteiger partial charge on any atom is -0.465 e. The Balaban J connectivity index is 0.00000195. The monoisotopic (exact) mass is 510 g/mol. The van der Waals surface area contributed by atoms with E-state index < -0.39 is 5.97 Å². The average Bonchev–Trinajstić information content (AvgIpc) is 2.91. The molecule has 0 unspecified atom stereocenters. The molecule has 5 nitrogen and oxygen atoms in total. The first-order chi connectivity index (χ1) is 18.1. The van der Waals surface area contributed by atoms with E-state index in [0.29, 0.717) is 24.3 Å². The fourth-order valence-corrected chi connectivity index (χ4v) is 4.18. The average molecular weight is 511 g/mol. The lowest BCUT2D eigenvalue weighted by atomic mass is 9.91. The van der Waals surface area contributed by atoms with Gasteiger partial charge in [0.1, 0.15) is 5.82 Å². The number of methoxy groups -OCH3 is 1. The van der Waals surface area contributed by atoms with Gasteiger partial charge in [0.05, 0.1) is 19.2 Å². The molecule has 0 radical (unpaired) electrons. The molecule has 0 bridgehead atoms. The fraction of sp³-hybridized carbons (Fsp3) is 0.303. The molecule has 0 N–H and O–H groups in total. The van der Waals surface area contributed by atoms with Crippen LogP contribution in [0.2, 0.25) is 0 Å². The summed E-state index contributed by atoms with van der Waals surface area (Å²) in [7, 11) is 1.36.